The summed E-state index contributed by atoms with van der Waals surface area (Å²) in [5.74, 6) is 1.03. The van der Waals surface area contributed by atoms with Gasteiger partial charge in [0.25, 0.3) is 5.22 Å². The molecule has 1 aromatic carbocycles. The molecule has 0 aliphatic rings. The zero-order valence-electron chi connectivity index (χ0n) is 11.8. The van der Waals surface area contributed by atoms with E-state index >= 15 is 0 Å². The third kappa shape index (κ3) is 3.56. The largest absolute Gasteiger partial charge is 0.439 e. The van der Waals surface area contributed by atoms with Crippen molar-refractivity contribution in [1.29, 1.82) is 0 Å². The molecule has 112 valence electrons. The molecule has 2 heterocycles. The average Bonchev–Trinajstić information content (AvgIpc) is 3.15. The number of thioether (sulfide) groups is 1. The van der Waals surface area contributed by atoms with Gasteiger partial charge in [0.15, 0.2) is 5.82 Å². The second-order valence-corrected chi connectivity index (χ2v) is 5.45. The Kier molecular flexibility index (Phi) is 4.24. The maximum Gasteiger partial charge on any atom is 0.256 e. The predicted octanol–water partition coefficient (Wildman–Crippen LogP) is 3.37. The van der Waals surface area contributed by atoms with Crippen LogP contribution in [0.15, 0.2) is 56.8 Å². The summed E-state index contributed by atoms with van der Waals surface area (Å²) in [7, 11) is 0. The molecular weight excluding hydrogens is 302 g/mol. The smallest absolute Gasteiger partial charge is 0.256 e. The van der Waals surface area contributed by atoms with Gasteiger partial charge in [-0.3, -0.25) is 4.79 Å². The maximum absolute atomic E-state index is 11.8. The minimum absolute atomic E-state index is 0.181. The first kappa shape index (κ1) is 14.4. The Morgan fingerprint density at radius 2 is 2.14 bits per heavy atom. The molecule has 0 atom stereocenters. The number of benzene rings is 1. The zero-order chi connectivity index (χ0) is 15.4. The van der Waals surface area contributed by atoms with E-state index in [1.807, 2.05) is 30.3 Å². The van der Waals surface area contributed by atoms with Crippen LogP contribution >= 0.6 is 11.8 Å². The molecule has 3 rings (SSSR count). The van der Waals surface area contributed by atoms with E-state index in [-0.39, 0.29) is 11.7 Å². The van der Waals surface area contributed by atoms with Crippen LogP contribution in [-0.2, 0) is 4.79 Å². The molecule has 0 fully saturated rings. The van der Waals surface area contributed by atoms with Crippen molar-refractivity contribution < 1.29 is 13.7 Å². The Bertz CT molecular complexity index is 767. The first-order chi connectivity index (χ1) is 10.7. The lowest BCUT2D eigenvalue weighted by atomic mass is 10.2. The van der Waals surface area contributed by atoms with Crippen molar-refractivity contribution >= 4 is 23.5 Å². The van der Waals surface area contributed by atoms with Crippen molar-refractivity contribution in [3.8, 4) is 11.3 Å². The highest BCUT2D eigenvalue weighted by Crippen LogP contribution is 2.23. The summed E-state index contributed by atoms with van der Waals surface area (Å²) in [5, 5.41) is 6.79. The van der Waals surface area contributed by atoms with Crippen LogP contribution in [0.3, 0.4) is 0 Å². The molecule has 0 saturated heterocycles. The van der Waals surface area contributed by atoms with Crippen molar-refractivity contribution in [3.63, 3.8) is 0 Å². The fourth-order valence-corrected chi connectivity index (χ4v) is 2.40. The standard InChI is InChI=1S/C15H13N3O3S/c1-10-7-13(18-21-10)17-14(19)9-22-15-16-12(8-20-15)11-5-3-2-4-6-11/h2-8H,9H2,1H3,(H,17,18,19). The third-order valence-corrected chi connectivity index (χ3v) is 3.62. The van der Waals surface area contributed by atoms with Gasteiger partial charge in [0.05, 0.1) is 5.75 Å². The zero-order valence-corrected chi connectivity index (χ0v) is 12.6. The molecule has 3 aromatic rings. The summed E-state index contributed by atoms with van der Waals surface area (Å²) in [5.41, 5.74) is 1.72. The van der Waals surface area contributed by atoms with Gasteiger partial charge in [-0.25, -0.2) is 4.98 Å². The second-order valence-electron chi connectivity index (χ2n) is 4.52. The molecule has 1 N–H and O–H groups in total. The number of oxazole rings is 1. The lowest BCUT2D eigenvalue weighted by Gasteiger charge is -1.98. The number of carbonyl (C=O) groups excluding carboxylic acids is 1. The summed E-state index contributed by atoms with van der Waals surface area (Å²) in [6.45, 7) is 1.76. The summed E-state index contributed by atoms with van der Waals surface area (Å²) >= 11 is 1.22. The number of carbonyl (C=O) groups is 1. The van der Waals surface area contributed by atoms with Gasteiger partial charge < -0.3 is 14.3 Å². The number of anilines is 1. The summed E-state index contributed by atoms with van der Waals surface area (Å²) in [6, 6.07) is 11.4. The van der Waals surface area contributed by atoms with Crippen molar-refractivity contribution in [3.05, 3.63) is 48.4 Å². The van der Waals surface area contributed by atoms with Crippen LogP contribution in [-0.4, -0.2) is 21.8 Å². The van der Waals surface area contributed by atoms with E-state index in [9.17, 15) is 4.79 Å². The van der Waals surface area contributed by atoms with Crippen molar-refractivity contribution in [2.75, 3.05) is 11.1 Å². The van der Waals surface area contributed by atoms with Gasteiger partial charge in [0.2, 0.25) is 5.91 Å². The number of hydrogen-bond acceptors (Lipinski definition) is 6. The number of aryl methyl sites for hydroxylation is 1. The van der Waals surface area contributed by atoms with Gasteiger partial charge in [-0.2, -0.15) is 0 Å². The van der Waals surface area contributed by atoms with E-state index in [1.54, 1.807) is 19.3 Å². The molecule has 0 aliphatic carbocycles. The molecule has 0 radical (unpaired) electrons. The number of amides is 1. The lowest BCUT2D eigenvalue weighted by molar-refractivity contribution is -0.113. The summed E-state index contributed by atoms with van der Waals surface area (Å²) in [4.78, 5) is 16.1. The van der Waals surface area contributed by atoms with Gasteiger partial charge in [-0.05, 0) is 6.92 Å². The van der Waals surface area contributed by atoms with Crippen molar-refractivity contribution in [1.82, 2.24) is 10.1 Å². The monoisotopic (exact) mass is 315 g/mol. The predicted molar refractivity (Wildman–Crippen MR) is 82.5 cm³/mol. The highest BCUT2D eigenvalue weighted by molar-refractivity contribution is 7.99. The molecule has 0 aliphatic heterocycles. The summed E-state index contributed by atoms with van der Waals surface area (Å²) in [6.07, 6.45) is 1.58. The van der Waals surface area contributed by atoms with E-state index < -0.39 is 0 Å². The molecule has 0 spiro atoms. The highest BCUT2D eigenvalue weighted by Gasteiger charge is 2.11. The topological polar surface area (TPSA) is 81.2 Å². The van der Waals surface area contributed by atoms with Crippen LogP contribution in [0.1, 0.15) is 5.76 Å². The Morgan fingerprint density at radius 3 is 2.86 bits per heavy atom. The number of aromatic nitrogens is 2. The number of rotatable bonds is 5. The van der Waals surface area contributed by atoms with E-state index in [2.05, 4.69) is 15.5 Å². The summed E-state index contributed by atoms with van der Waals surface area (Å²) < 4.78 is 10.2. The quantitative estimate of drug-likeness (QED) is 0.727. The second kappa shape index (κ2) is 6.48. The highest BCUT2D eigenvalue weighted by atomic mass is 32.2. The molecule has 0 saturated carbocycles. The van der Waals surface area contributed by atoms with E-state index in [0.717, 1.165) is 11.3 Å². The van der Waals surface area contributed by atoms with Gasteiger partial charge in [0, 0.05) is 11.6 Å². The Morgan fingerprint density at radius 1 is 1.32 bits per heavy atom. The molecule has 22 heavy (non-hydrogen) atoms. The van der Waals surface area contributed by atoms with Gasteiger partial charge >= 0.3 is 0 Å². The fraction of sp³-hybridized carbons (Fsp3) is 0.133. The van der Waals surface area contributed by atoms with Crippen molar-refractivity contribution in [2.24, 2.45) is 0 Å². The number of hydrogen-bond donors (Lipinski definition) is 1. The van der Waals surface area contributed by atoms with Crippen LogP contribution in [0.5, 0.6) is 0 Å². The normalized spacial score (nSPS) is 10.6. The maximum atomic E-state index is 11.8. The van der Waals surface area contributed by atoms with Crippen LogP contribution in [0.25, 0.3) is 11.3 Å². The molecule has 6 nitrogen and oxygen atoms in total. The Balaban J connectivity index is 1.56. The third-order valence-electron chi connectivity index (χ3n) is 2.77. The molecule has 0 bridgehead atoms. The Labute approximate surface area is 130 Å². The van der Waals surface area contributed by atoms with E-state index in [4.69, 9.17) is 8.94 Å². The van der Waals surface area contributed by atoms with Crippen LogP contribution in [0.4, 0.5) is 5.82 Å². The number of nitrogens with zero attached hydrogens (tertiary/aromatic N) is 2. The molecule has 7 heteroatoms. The van der Waals surface area contributed by atoms with Crippen LogP contribution in [0.2, 0.25) is 0 Å². The minimum Gasteiger partial charge on any atom is -0.439 e. The fourth-order valence-electron chi connectivity index (χ4n) is 1.80. The van der Waals surface area contributed by atoms with Crippen LogP contribution < -0.4 is 5.32 Å². The minimum atomic E-state index is -0.197. The SMILES string of the molecule is Cc1cc(NC(=O)CSc2nc(-c3ccccc3)co2)no1. The average molecular weight is 315 g/mol. The van der Waals surface area contributed by atoms with E-state index in [1.165, 1.54) is 11.8 Å². The Hall–Kier alpha value is -2.54. The van der Waals surface area contributed by atoms with Gasteiger partial charge in [-0.15, -0.1) is 0 Å². The molecule has 0 unspecified atom stereocenters. The molecule has 2 aromatic heterocycles. The number of nitrogens with one attached hydrogen (secondary N) is 1. The molecule has 1 amide bonds. The van der Waals surface area contributed by atoms with E-state index in [0.29, 0.717) is 16.8 Å². The molecular formula is C15H13N3O3S. The lowest BCUT2D eigenvalue weighted by Crippen LogP contribution is -2.14. The van der Waals surface area contributed by atoms with Gasteiger partial charge in [-0.1, -0.05) is 47.3 Å². The van der Waals surface area contributed by atoms with Crippen LogP contribution in [0, 0.1) is 6.92 Å². The van der Waals surface area contributed by atoms with Crippen molar-refractivity contribution in [2.45, 2.75) is 12.1 Å². The van der Waals surface area contributed by atoms with Gasteiger partial charge in [0.1, 0.15) is 17.7 Å². The first-order valence-corrected chi connectivity index (χ1v) is 7.56. The first-order valence-electron chi connectivity index (χ1n) is 6.57.